The zero-order valence-electron chi connectivity index (χ0n) is 10.6. The quantitative estimate of drug-likeness (QED) is 0.533. The molecule has 5 N–H and O–H groups in total. The number of rotatable bonds is 3. The summed E-state index contributed by atoms with van der Waals surface area (Å²) in [6, 6.07) is 4.91. The summed E-state index contributed by atoms with van der Waals surface area (Å²) in [4.78, 5) is 20.4. The fourth-order valence-corrected chi connectivity index (χ4v) is 1.07. The van der Waals surface area contributed by atoms with Crippen molar-refractivity contribution in [3.8, 4) is 5.75 Å². The van der Waals surface area contributed by atoms with Crippen LogP contribution in [0.3, 0.4) is 0 Å². The van der Waals surface area contributed by atoms with Crippen LogP contribution in [0.25, 0.3) is 0 Å². The Morgan fingerprint density at radius 3 is 1.95 bits per heavy atom. The molecular weight excluding hydrogens is 270 g/mol. The van der Waals surface area contributed by atoms with Gasteiger partial charge in [-0.15, -0.1) is 0 Å². The summed E-state index contributed by atoms with van der Waals surface area (Å²) in [5, 5.41) is 25.6. The van der Waals surface area contributed by atoms with Gasteiger partial charge >= 0.3 is 11.9 Å². The molecule has 1 atom stereocenters. The molecule has 0 spiro atoms. The van der Waals surface area contributed by atoms with Gasteiger partial charge in [0.05, 0.1) is 0 Å². The first kappa shape index (κ1) is 17.3. The van der Waals surface area contributed by atoms with Crippen molar-refractivity contribution in [2.24, 2.45) is 5.73 Å². The minimum atomic E-state index is -1.11. The zero-order chi connectivity index (χ0) is 15.2. The first-order chi connectivity index (χ1) is 8.57. The fourth-order valence-electron chi connectivity index (χ4n) is 0.957. The van der Waals surface area contributed by atoms with Crippen molar-refractivity contribution < 1.29 is 24.9 Å². The summed E-state index contributed by atoms with van der Waals surface area (Å²) < 4.78 is -0.647. The highest BCUT2D eigenvalue weighted by molar-refractivity contribution is 7.81. The number of aromatic hydroxyl groups is 1. The van der Waals surface area contributed by atoms with Crippen LogP contribution in [0, 0.1) is 0 Å². The molecule has 1 aromatic rings. The predicted molar refractivity (Wildman–Crippen MR) is 73.7 cm³/mol. The van der Waals surface area contributed by atoms with Crippen LogP contribution in [0.4, 0.5) is 0 Å². The minimum Gasteiger partial charge on any atom is -0.507 e. The molecule has 106 valence electrons. The van der Waals surface area contributed by atoms with Crippen LogP contribution < -0.4 is 5.73 Å². The number of aliphatic carboxylic acids is 1. The number of carboxylic acids is 2. The SMILES string of the molecule is CC(C)(S)[C@@H](N)C(=O)O.O=C(O)c1ccccc1O. The number of carbonyl (C=O) groups is 2. The van der Waals surface area contributed by atoms with E-state index in [0.29, 0.717) is 0 Å². The molecule has 0 saturated carbocycles. The number of para-hydroxylation sites is 1. The standard InChI is InChI=1S/C7H6O3.C5H11NO2S/c8-6-4-2-1-3-5(6)7(9)10;1-5(2,9)3(6)4(7)8/h1-4,8H,(H,9,10);3,9H,6H2,1-2H3,(H,7,8)/t;3-/m.0/s1. The van der Waals surface area contributed by atoms with Gasteiger partial charge in [0.15, 0.2) is 0 Å². The third kappa shape index (κ3) is 6.12. The first-order valence-corrected chi connectivity index (χ1v) is 5.74. The molecule has 0 fully saturated rings. The van der Waals surface area contributed by atoms with Crippen molar-refractivity contribution in [1.29, 1.82) is 0 Å². The van der Waals surface area contributed by atoms with Crippen molar-refractivity contribution in [3.63, 3.8) is 0 Å². The van der Waals surface area contributed by atoms with Gasteiger partial charge in [-0.1, -0.05) is 12.1 Å². The van der Waals surface area contributed by atoms with E-state index in [2.05, 4.69) is 12.6 Å². The van der Waals surface area contributed by atoms with E-state index in [1.165, 1.54) is 12.1 Å². The Morgan fingerprint density at radius 2 is 1.74 bits per heavy atom. The molecule has 0 unspecified atom stereocenters. The van der Waals surface area contributed by atoms with Gasteiger partial charge in [0.1, 0.15) is 17.4 Å². The van der Waals surface area contributed by atoms with E-state index >= 15 is 0 Å². The van der Waals surface area contributed by atoms with E-state index in [1.54, 1.807) is 26.0 Å². The Balaban J connectivity index is 0.000000344. The number of hydrogen-bond acceptors (Lipinski definition) is 5. The van der Waals surface area contributed by atoms with Crippen LogP contribution in [0.5, 0.6) is 5.75 Å². The molecule has 0 aliphatic rings. The Hall–Kier alpha value is -1.73. The summed E-state index contributed by atoms with van der Waals surface area (Å²) in [6.45, 7) is 3.32. The van der Waals surface area contributed by atoms with E-state index in [0.717, 1.165) is 0 Å². The number of thiol groups is 1. The highest BCUT2D eigenvalue weighted by Crippen LogP contribution is 2.15. The third-order valence-corrected chi connectivity index (χ3v) is 2.44. The number of hydrogen-bond donors (Lipinski definition) is 5. The molecule has 6 nitrogen and oxygen atoms in total. The van der Waals surface area contributed by atoms with Crippen LogP contribution in [-0.4, -0.2) is 38.0 Å². The third-order valence-electron chi connectivity index (χ3n) is 2.16. The molecule has 0 aliphatic heterocycles. The molecule has 1 aromatic carbocycles. The van der Waals surface area contributed by atoms with Gasteiger partial charge in [0.25, 0.3) is 0 Å². The van der Waals surface area contributed by atoms with Gasteiger partial charge in [-0.05, 0) is 26.0 Å². The van der Waals surface area contributed by atoms with E-state index in [9.17, 15) is 9.59 Å². The molecule has 1 rings (SSSR count). The van der Waals surface area contributed by atoms with Gasteiger partial charge in [-0.3, -0.25) is 4.79 Å². The van der Waals surface area contributed by atoms with Crippen LogP contribution in [0.1, 0.15) is 24.2 Å². The number of carboxylic acid groups (broad SMARTS) is 2. The van der Waals surface area contributed by atoms with Crippen molar-refractivity contribution in [2.75, 3.05) is 0 Å². The molecule has 0 aromatic heterocycles. The van der Waals surface area contributed by atoms with Crippen molar-refractivity contribution in [1.82, 2.24) is 0 Å². The second kappa shape index (κ2) is 7.01. The van der Waals surface area contributed by atoms with Gasteiger partial charge in [-0.25, -0.2) is 4.79 Å². The molecule has 0 radical (unpaired) electrons. The van der Waals surface area contributed by atoms with Crippen LogP contribution in [-0.2, 0) is 4.79 Å². The lowest BCUT2D eigenvalue weighted by Crippen LogP contribution is -2.45. The Labute approximate surface area is 116 Å². The van der Waals surface area contributed by atoms with Crippen LogP contribution in [0.2, 0.25) is 0 Å². The van der Waals surface area contributed by atoms with Gasteiger partial charge < -0.3 is 21.1 Å². The lowest BCUT2D eigenvalue weighted by molar-refractivity contribution is -0.139. The average molecular weight is 287 g/mol. The second-order valence-corrected chi connectivity index (χ2v) is 5.44. The largest absolute Gasteiger partial charge is 0.507 e. The molecular formula is C12H17NO5S. The number of benzene rings is 1. The van der Waals surface area contributed by atoms with E-state index in [-0.39, 0.29) is 11.3 Å². The molecule has 0 bridgehead atoms. The first-order valence-electron chi connectivity index (χ1n) is 5.29. The van der Waals surface area contributed by atoms with Crippen molar-refractivity contribution in [2.45, 2.75) is 24.6 Å². The molecule has 7 heteroatoms. The number of nitrogens with two attached hydrogens (primary N) is 1. The summed E-state index contributed by atoms with van der Waals surface area (Å²) in [6.07, 6.45) is 0. The number of phenols is 1. The Bertz CT molecular complexity index is 456. The summed E-state index contributed by atoms with van der Waals surface area (Å²) >= 11 is 3.98. The topological polar surface area (TPSA) is 121 Å². The molecule has 0 aliphatic carbocycles. The predicted octanol–water partition coefficient (Wildman–Crippen LogP) is 1.20. The highest BCUT2D eigenvalue weighted by atomic mass is 32.1. The van der Waals surface area contributed by atoms with Crippen LogP contribution >= 0.6 is 12.6 Å². The maximum absolute atomic E-state index is 10.3. The normalized spacial score (nSPS) is 12.0. The van der Waals surface area contributed by atoms with Crippen molar-refractivity contribution >= 4 is 24.6 Å². The number of aromatic carboxylic acids is 1. The van der Waals surface area contributed by atoms with Gasteiger partial charge in [-0.2, -0.15) is 12.6 Å². The molecule has 0 saturated heterocycles. The van der Waals surface area contributed by atoms with Crippen LogP contribution in [0.15, 0.2) is 24.3 Å². The Kier molecular flexibility index (Phi) is 6.37. The smallest absolute Gasteiger partial charge is 0.339 e. The van der Waals surface area contributed by atoms with E-state index in [1.807, 2.05) is 0 Å². The maximum Gasteiger partial charge on any atom is 0.339 e. The van der Waals surface area contributed by atoms with E-state index < -0.39 is 22.7 Å². The lowest BCUT2D eigenvalue weighted by atomic mass is 10.1. The average Bonchev–Trinajstić information content (AvgIpc) is 2.27. The van der Waals surface area contributed by atoms with Gasteiger partial charge in [0, 0.05) is 4.75 Å². The van der Waals surface area contributed by atoms with E-state index in [4.69, 9.17) is 21.1 Å². The van der Waals surface area contributed by atoms with Gasteiger partial charge in [0.2, 0.25) is 0 Å². The molecule has 0 amide bonds. The fraction of sp³-hybridized carbons (Fsp3) is 0.333. The monoisotopic (exact) mass is 287 g/mol. The molecule has 19 heavy (non-hydrogen) atoms. The molecule has 0 heterocycles. The highest BCUT2D eigenvalue weighted by Gasteiger charge is 2.27. The zero-order valence-corrected chi connectivity index (χ0v) is 11.5. The maximum atomic E-state index is 10.3. The minimum absolute atomic E-state index is 0.0671. The lowest BCUT2D eigenvalue weighted by Gasteiger charge is -2.21. The second-order valence-electron chi connectivity index (χ2n) is 4.29. The summed E-state index contributed by atoms with van der Waals surface area (Å²) in [5.41, 5.74) is 5.15. The van der Waals surface area contributed by atoms with Crippen molar-refractivity contribution in [3.05, 3.63) is 29.8 Å². The Morgan fingerprint density at radius 1 is 1.26 bits per heavy atom. The summed E-state index contributed by atoms with van der Waals surface area (Å²) in [7, 11) is 0. The summed E-state index contributed by atoms with van der Waals surface area (Å²) in [5.74, 6) is -2.33.